The van der Waals surface area contributed by atoms with Gasteiger partial charge in [-0.2, -0.15) is 0 Å². The summed E-state index contributed by atoms with van der Waals surface area (Å²) >= 11 is 5.99. The van der Waals surface area contributed by atoms with Crippen LogP contribution in [0.3, 0.4) is 0 Å². The van der Waals surface area contributed by atoms with E-state index in [4.69, 9.17) is 25.9 Å². The maximum absolute atomic E-state index is 13.5. The topological polar surface area (TPSA) is 77.4 Å². The van der Waals surface area contributed by atoms with Crippen molar-refractivity contribution in [2.24, 2.45) is 34.7 Å². The highest BCUT2D eigenvalue weighted by atomic mass is 35.5. The SMILES string of the molecule is COc1ccc(C2=NOC3C4CC(C23)C2C(=O)N(c3ccc(Cl)cc3)C(=O)C42)c(OC)c1. The van der Waals surface area contributed by atoms with E-state index in [-0.39, 0.29) is 47.5 Å². The highest BCUT2D eigenvalue weighted by molar-refractivity contribution is 6.31. The number of nitrogens with zero attached hydrogens (tertiary/aromatic N) is 2. The zero-order valence-electron chi connectivity index (χ0n) is 17.5. The van der Waals surface area contributed by atoms with Gasteiger partial charge in [0.25, 0.3) is 0 Å². The summed E-state index contributed by atoms with van der Waals surface area (Å²) in [4.78, 5) is 34.0. The summed E-state index contributed by atoms with van der Waals surface area (Å²) in [7, 11) is 3.21. The number of carbonyl (C=O) groups is 2. The van der Waals surface area contributed by atoms with E-state index >= 15 is 0 Å². The van der Waals surface area contributed by atoms with Crippen LogP contribution in [0.15, 0.2) is 47.6 Å². The van der Waals surface area contributed by atoms with Gasteiger partial charge in [-0.05, 0) is 48.7 Å². The largest absolute Gasteiger partial charge is 0.497 e. The van der Waals surface area contributed by atoms with Crippen LogP contribution in [0.4, 0.5) is 5.69 Å². The third-order valence-electron chi connectivity index (χ3n) is 7.46. The van der Waals surface area contributed by atoms with Crippen molar-refractivity contribution in [2.45, 2.75) is 12.5 Å². The normalized spacial score (nSPS) is 32.0. The van der Waals surface area contributed by atoms with Crippen molar-refractivity contribution < 1.29 is 23.9 Å². The average molecular weight is 453 g/mol. The number of amides is 2. The fourth-order valence-corrected chi connectivity index (χ4v) is 6.33. The molecule has 2 heterocycles. The van der Waals surface area contributed by atoms with E-state index in [0.717, 1.165) is 17.7 Å². The van der Waals surface area contributed by atoms with Gasteiger partial charge in [0.15, 0.2) is 0 Å². The van der Waals surface area contributed by atoms with Gasteiger partial charge in [-0.1, -0.05) is 16.8 Å². The van der Waals surface area contributed by atoms with Crippen LogP contribution in [-0.4, -0.2) is 37.8 Å². The van der Waals surface area contributed by atoms with Crippen molar-refractivity contribution in [1.82, 2.24) is 0 Å². The summed E-state index contributed by atoms with van der Waals surface area (Å²) < 4.78 is 10.9. The minimum atomic E-state index is -0.364. The number of hydrogen-bond donors (Lipinski definition) is 0. The molecule has 3 fully saturated rings. The molecule has 2 amide bonds. The molecule has 4 aliphatic rings. The molecule has 1 saturated heterocycles. The summed E-state index contributed by atoms with van der Waals surface area (Å²) in [5, 5.41) is 4.97. The molecule has 8 heteroatoms. The molecule has 2 aliphatic heterocycles. The molecule has 2 aliphatic carbocycles. The number of fused-ring (bicyclic) bond motifs is 8. The molecule has 2 aromatic rings. The van der Waals surface area contributed by atoms with Gasteiger partial charge in [-0.15, -0.1) is 0 Å². The number of oxime groups is 1. The van der Waals surface area contributed by atoms with E-state index in [1.807, 2.05) is 18.2 Å². The number of imide groups is 1. The molecular formula is C24H21ClN2O5. The van der Waals surface area contributed by atoms with Crippen molar-refractivity contribution in [3.8, 4) is 11.5 Å². The lowest BCUT2D eigenvalue weighted by Crippen LogP contribution is -2.41. The Morgan fingerprint density at radius 3 is 2.38 bits per heavy atom. The molecule has 2 aromatic carbocycles. The van der Waals surface area contributed by atoms with E-state index < -0.39 is 0 Å². The Morgan fingerprint density at radius 2 is 1.69 bits per heavy atom. The van der Waals surface area contributed by atoms with Crippen molar-refractivity contribution in [2.75, 3.05) is 19.1 Å². The number of hydrogen-bond acceptors (Lipinski definition) is 6. The quantitative estimate of drug-likeness (QED) is 0.663. The Kier molecular flexibility index (Phi) is 4.27. The first-order chi connectivity index (χ1) is 15.5. The number of anilines is 1. The molecule has 2 bridgehead atoms. The second-order valence-corrected chi connectivity index (χ2v) is 9.18. The maximum atomic E-state index is 13.5. The zero-order chi connectivity index (χ0) is 22.1. The van der Waals surface area contributed by atoms with Crippen molar-refractivity contribution >= 4 is 34.8 Å². The molecule has 7 nitrogen and oxygen atoms in total. The predicted molar refractivity (Wildman–Crippen MR) is 117 cm³/mol. The van der Waals surface area contributed by atoms with E-state index in [9.17, 15) is 9.59 Å². The minimum absolute atomic E-state index is 0.00296. The number of benzene rings is 2. The lowest BCUT2D eigenvalue weighted by molar-refractivity contribution is -0.125. The first-order valence-corrected chi connectivity index (χ1v) is 11.0. The number of rotatable bonds is 4. The van der Waals surface area contributed by atoms with Gasteiger partial charge >= 0.3 is 0 Å². The molecule has 0 radical (unpaired) electrons. The van der Waals surface area contributed by atoms with Crippen molar-refractivity contribution in [3.63, 3.8) is 0 Å². The number of methoxy groups -OCH3 is 2. The van der Waals surface area contributed by atoms with Gasteiger partial charge < -0.3 is 14.3 Å². The molecule has 0 spiro atoms. The highest BCUT2D eigenvalue weighted by Gasteiger charge is 2.70. The van der Waals surface area contributed by atoms with Gasteiger partial charge in [0.1, 0.15) is 17.6 Å². The standard InChI is InChI=1S/C24H21ClN2O5/c1-30-13-7-8-14(17(9-13)31-2)21-20-15-10-16(22(20)32-26-21)19-18(15)23(28)27(24(19)29)12-5-3-11(25)4-6-12/h3-9,15-16,18-20,22H,10H2,1-2H3. The first kappa shape index (κ1) is 19.6. The third kappa shape index (κ3) is 2.51. The molecule has 0 aromatic heterocycles. The molecule has 0 N–H and O–H groups in total. The maximum Gasteiger partial charge on any atom is 0.238 e. The van der Waals surface area contributed by atoms with Gasteiger partial charge in [0.2, 0.25) is 11.8 Å². The molecule has 32 heavy (non-hydrogen) atoms. The van der Waals surface area contributed by atoms with Crippen LogP contribution in [0.5, 0.6) is 11.5 Å². The van der Waals surface area contributed by atoms with E-state index in [1.54, 1.807) is 38.5 Å². The molecular weight excluding hydrogens is 432 g/mol. The van der Waals surface area contributed by atoms with Gasteiger partial charge in [0.05, 0.1) is 37.5 Å². The van der Waals surface area contributed by atoms with Crippen LogP contribution in [0.1, 0.15) is 12.0 Å². The first-order valence-electron chi connectivity index (χ1n) is 10.6. The Hall–Kier alpha value is -3.06. The Morgan fingerprint density at radius 1 is 0.969 bits per heavy atom. The molecule has 2 saturated carbocycles. The van der Waals surface area contributed by atoms with Crippen LogP contribution in [0, 0.1) is 29.6 Å². The van der Waals surface area contributed by atoms with Crippen LogP contribution in [0.25, 0.3) is 0 Å². The number of halogens is 1. The predicted octanol–water partition coefficient (Wildman–Crippen LogP) is 3.53. The van der Waals surface area contributed by atoms with Crippen molar-refractivity contribution in [1.29, 1.82) is 0 Å². The van der Waals surface area contributed by atoms with Crippen LogP contribution >= 0.6 is 11.6 Å². The average Bonchev–Trinajstić information content (AvgIpc) is 3.54. The Bertz CT molecular complexity index is 1160. The van der Waals surface area contributed by atoms with Gasteiger partial charge in [-0.25, -0.2) is 0 Å². The van der Waals surface area contributed by atoms with Crippen LogP contribution < -0.4 is 14.4 Å². The Balaban J connectivity index is 1.35. The third-order valence-corrected chi connectivity index (χ3v) is 7.71. The lowest BCUT2D eigenvalue weighted by Gasteiger charge is -2.30. The summed E-state index contributed by atoms with van der Waals surface area (Å²) in [6.07, 6.45) is 0.582. The molecule has 6 atom stereocenters. The molecule has 6 rings (SSSR count). The fraction of sp³-hybridized carbons (Fsp3) is 0.375. The fourth-order valence-electron chi connectivity index (χ4n) is 6.20. The monoisotopic (exact) mass is 452 g/mol. The second-order valence-electron chi connectivity index (χ2n) is 8.74. The summed E-state index contributed by atoms with van der Waals surface area (Å²) in [5.74, 6) is 0.232. The second kappa shape index (κ2) is 6.97. The van der Waals surface area contributed by atoms with E-state index in [2.05, 4.69) is 5.16 Å². The summed E-state index contributed by atoms with van der Waals surface area (Å²) in [6.45, 7) is 0. The van der Waals surface area contributed by atoms with Gasteiger partial charge in [0, 0.05) is 28.5 Å². The Labute approximate surface area is 189 Å². The van der Waals surface area contributed by atoms with Crippen LogP contribution in [0.2, 0.25) is 5.02 Å². The van der Waals surface area contributed by atoms with E-state index in [0.29, 0.717) is 22.2 Å². The summed E-state index contributed by atoms with van der Waals surface area (Å²) in [6, 6.07) is 12.4. The van der Waals surface area contributed by atoms with Crippen molar-refractivity contribution in [3.05, 3.63) is 53.1 Å². The summed E-state index contributed by atoms with van der Waals surface area (Å²) in [5.41, 5.74) is 2.18. The number of carbonyl (C=O) groups excluding carboxylic acids is 2. The minimum Gasteiger partial charge on any atom is -0.497 e. The number of ether oxygens (including phenoxy) is 2. The van der Waals surface area contributed by atoms with E-state index in [1.165, 1.54) is 4.90 Å². The zero-order valence-corrected chi connectivity index (χ0v) is 18.3. The smallest absolute Gasteiger partial charge is 0.238 e. The lowest BCUT2D eigenvalue weighted by atomic mass is 9.71. The van der Waals surface area contributed by atoms with Gasteiger partial charge in [-0.3, -0.25) is 14.5 Å². The highest BCUT2D eigenvalue weighted by Crippen LogP contribution is 2.62. The molecule has 164 valence electrons. The van der Waals surface area contributed by atoms with Crippen LogP contribution in [-0.2, 0) is 14.4 Å². The molecule has 6 unspecified atom stereocenters.